The van der Waals surface area contributed by atoms with E-state index in [1.807, 2.05) is 24.3 Å². The molecule has 26 heavy (non-hydrogen) atoms. The maximum Gasteiger partial charge on any atom is 0.243 e. The van der Waals surface area contributed by atoms with Crippen molar-refractivity contribution in [1.82, 2.24) is 4.31 Å². The summed E-state index contributed by atoms with van der Waals surface area (Å²) in [7, 11) is -3.53. The Morgan fingerprint density at radius 2 is 1.73 bits per heavy atom. The molecule has 5 rings (SSSR count). The Kier molecular flexibility index (Phi) is 3.51. The van der Waals surface area contributed by atoms with Gasteiger partial charge in [-0.1, -0.05) is 12.1 Å². The summed E-state index contributed by atoms with van der Waals surface area (Å²) in [5, 5.41) is 0. The second-order valence-electron chi connectivity index (χ2n) is 6.50. The van der Waals surface area contributed by atoms with Gasteiger partial charge in [0.2, 0.25) is 16.8 Å². The van der Waals surface area contributed by atoms with Crippen LogP contribution in [0.5, 0.6) is 17.2 Å². The Morgan fingerprint density at radius 1 is 0.923 bits per heavy atom. The molecule has 0 bridgehead atoms. The van der Waals surface area contributed by atoms with Crippen molar-refractivity contribution in [3.8, 4) is 17.2 Å². The van der Waals surface area contributed by atoms with Crippen LogP contribution < -0.4 is 19.1 Å². The number of sulfonamides is 1. The molecule has 0 atom stereocenters. The Balaban J connectivity index is 1.34. The average Bonchev–Trinajstić information content (AvgIpc) is 3.08. The summed E-state index contributed by atoms with van der Waals surface area (Å²) < 4.78 is 43.5. The highest BCUT2D eigenvalue weighted by molar-refractivity contribution is 7.89. The van der Waals surface area contributed by atoms with Crippen LogP contribution >= 0.6 is 0 Å². The quantitative estimate of drug-likeness (QED) is 0.814. The summed E-state index contributed by atoms with van der Waals surface area (Å²) in [4.78, 5) is 2.48. The van der Waals surface area contributed by atoms with Crippen molar-refractivity contribution < 1.29 is 22.6 Å². The highest BCUT2D eigenvalue weighted by atomic mass is 32.2. The molecule has 3 aliphatic heterocycles. The van der Waals surface area contributed by atoms with E-state index in [1.165, 1.54) is 10.4 Å². The number of fused-ring (bicyclic) bond motifs is 2. The molecule has 2 aromatic rings. The fourth-order valence-electron chi connectivity index (χ4n) is 3.57. The van der Waals surface area contributed by atoms with E-state index in [9.17, 15) is 8.42 Å². The number of anilines is 1. The van der Waals surface area contributed by atoms with Crippen LogP contribution in [0.4, 0.5) is 5.69 Å². The summed E-state index contributed by atoms with van der Waals surface area (Å²) in [6, 6.07) is 12.8. The first-order valence-electron chi connectivity index (χ1n) is 8.51. The number of hydrogen-bond acceptors (Lipinski definition) is 6. The molecule has 7 nitrogen and oxygen atoms in total. The molecule has 0 unspecified atom stereocenters. The number of hydrogen-bond donors (Lipinski definition) is 0. The third kappa shape index (κ3) is 2.40. The van der Waals surface area contributed by atoms with E-state index in [0.29, 0.717) is 31.2 Å². The van der Waals surface area contributed by atoms with Gasteiger partial charge >= 0.3 is 0 Å². The minimum Gasteiger partial charge on any atom is -0.490 e. The van der Waals surface area contributed by atoms with Gasteiger partial charge in [0.1, 0.15) is 12.4 Å². The lowest BCUT2D eigenvalue weighted by atomic mass is 10.1. The van der Waals surface area contributed by atoms with E-state index in [4.69, 9.17) is 14.2 Å². The van der Waals surface area contributed by atoms with Gasteiger partial charge in [-0.2, -0.15) is 4.31 Å². The van der Waals surface area contributed by atoms with Gasteiger partial charge in [0.15, 0.2) is 11.5 Å². The number of nitrogens with zero attached hydrogens (tertiary/aromatic N) is 2. The zero-order valence-corrected chi connectivity index (χ0v) is 14.8. The molecule has 0 spiro atoms. The molecule has 2 aromatic carbocycles. The molecule has 0 aromatic heterocycles. The van der Waals surface area contributed by atoms with Crippen molar-refractivity contribution in [2.45, 2.75) is 10.9 Å². The van der Waals surface area contributed by atoms with Crippen molar-refractivity contribution in [3.05, 3.63) is 42.5 Å². The number of benzene rings is 2. The van der Waals surface area contributed by atoms with E-state index < -0.39 is 10.0 Å². The molecular weight excluding hydrogens is 356 g/mol. The maximum absolute atomic E-state index is 12.9. The first kappa shape index (κ1) is 15.8. The van der Waals surface area contributed by atoms with Crippen molar-refractivity contribution in [2.24, 2.45) is 0 Å². The van der Waals surface area contributed by atoms with E-state index in [1.54, 1.807) is 12.1 Å². The number of rotatable bonds is 3. The zero-order valence-electron chi connectivity index (χ0n) is 14.0. The van der Waals surface area contributed by atoms with Crippen molar-refractivity contribution >= 4 is 15.7 Å². The van der Waals surface area contributed by atoms with Gasteiger partial charge in [0.05, 0.1) is 23.2 Å². The van der Waals surface area contributed by atoms with E-state index >= 15 is 0 Å². The topological polar surface area (TPSA) is 68.3 Å². The second-order valence-corrected chi connectivity index (χ2v) is 8.44. The maximum atomic E-state index is 12.9. The lowest BCUT2D eigenvalue weighted by Crippen LogP contribution is -2.62. The molecule has 136 valence electrons. The van der Waals surface area contributed by atoms with E-state index in [-0.39, 0.29) is 17.7 Å². The number of ether oxygens (including phenoxy) is 3. The Hall–Kier alpha value is -2.45. The second kappa shape index (κ2) is 5.78. The fraction of sp³-hybridized carbons (Fsp3) is 0.333. The summed E-state index contributed by atoms with van der Waals surface area (Å²) in [6.45, 7) is 2.43. The largest absolute Gasteiger partial charge is 0.490 e. The first-order chi connectivity index (χ1) is 12.6. The molecule has 3 aliphatic rings. The Labute approximate surface area is 151 Å². The normalized spacial score (nSPS) is 19.6. The molecule has 8 heteroatoms. The lowest BCUT2D eigenvalue weighted by molar-refractivity contribution is 0.174. The summed E-state index contributed by atoms with van der Waals surface area (Å²) in [6.07, 6.45) is 0. The van der Waals surface area contributed by atoms with E-state index in [2.05, 4.69) is 4.90 Å². The van der Waals surface area contributed by atoms with Crippen LogP contribution in [-0.4, -0.2) is 51.8 Å². The molecule has 1 saturated heterocycles. The molecule has 1 fully saturated rings. The van der Waals surface area contributed by atoms with Crippen molar-refractivity contribution in [3.63, 3.8) is 0 Å². The highest BCUT2D eigenvalue weighted by Gasteiger charge is 2.41. The lowest BCUT2D eigenvalue weighted by Gasteiger charge is -2.47. The standard InChI is InChI=1S/C18H18N2O5S/c21-26(22,14-5-6-17-18(9-14)25-12-24-17)19-10-13(11-19)20-7-8-23-16-4-2-1-3-15(16)20/h1-6,9,13H,7-8,10-12H2. The summed E-state index contributed by atoms with van der Waals surface area (Å²) in [5.41, 5.74) is 1.03. The molecule has 0 N–H and O–H groups in total. The van der Waals surface area contributed by atoms with Gasteiger partial charge in [0.25, 0.3) is 0 Å². The third-order valence-electron chi connectivity index (χ3n) is 5.02. The Morgan fingerprint density at radius 3 is 2.62 bits per heavy atom. The van der Waals surface area contributed by atoms with Crippen molar-refractivity contribution in [1.29, 1.82) is 0 Å². The van der Waals surface area contributed by atoms with Gasteiger partial charge in [0, 0.05) is 19.2 Å². The van der Waals surface area contributed by atoms with Gasteiger partial charge in [-0.15, -0.1) is 0 Å². The summed E-state index contributed by atoms with van der Waals surface area (Å²) >= 11 is 0. The predicted octanol–water partition coefficient (Wildman–Crippen LogP) is 1.69. The third-order valence-corrected chi connectivity index (χ3v) is 6.84. The van der Waals surface area contributed by atoms with Gasteiger partial charge in [-0.25, -0.2) is 8.42 Å². The van der Waals surface area contributed by atoms with Gasteiger partial charge in [-0.3, -0.25) is 0 Å². The fourth-order valence-corrected chi connectivity index (χ4v) is 5.10. The minimum atomic E-state index is -3.53. The first-order valence-corrected chi connectivity index (χ1v) is 9.95. The molecule has 3 heterocycles. The van der Waals surface area contributed by atoms with Crippen LogP contribution in [-0.2, 0) is 10.0 Å². The average molecular weight is 374 g/mol. The number of para-hydroxylation sites is 2. The molecule has 0 radical (unpaired) electrons. The van der Waals surface area contributed by atoms with Crippen LogP contribution in [0.3, 0.4) is 0 Å². The summed E-state index contributed by atoms with van der Waals surface area (Å²) in [5.74, 6) is 1.91. The SMILES string of the molecule is O=S(=O)(c1ccc2c(c1)OCO2)N1CC(N2CCOc3ccccc32)C1. The monoisotopic (exact) mass is 374 g/mol. The van der Waals surface area contributed by atoms with Crippen LogP contribution in [0.25, 0.3) is 0 Å². The van der Waals surface area contributed by atoms with Crippen LogP contribution in [0.2, 0.25) is 0 Å². The molecule has 0 aliphatic carbocycles. The Bertz CT molecular complexity index is 956. The highest BCUT2D eigenvalue weighted by Crippen LogP contribution is 2.38. The van der Waals surface area contributed by atoms with Crippen molar-refractivity contribution in [2.75, 3.05) is 37.9 Å². The van der Waals surface area contributed by atoms with Gasteiger partial charge < -0.3 is 19.1 Å². The minimum absolute atomic E-state index is 0.126. The van der Waals surface area contributed by atoms with Crippen LogP contribution in [0, 0.1) is 0 Å². The van der Waals surface area contributed by atoms with E-state index in [0.717, 1.165) is 18.0 Å². The molecule has 0 amide bonds. The molecule has 0 saturated carbocycles. The van der Waals surface area contributed by atoms with Crippen LogP contribution in [0.15, 0.2) is 47.4 Å². The van der Waals surface area contributed by atoms with Gasteiger partial charge in [-0.05, 0) is 24.3 Å². The smallest absolute Gasteiger partial charge is 0.243 e. The predicted molar refractivity (Wildman–Crippen MR) is 94.4 cm³/mol. The van der Waals surface area contributed by atoms with Crippen LogP contribution in [0.1, 0.15) is 0 Å². The molecular formula is C18H18N2O5S. The zero-order chi connectivity index (χ0) is 17.7.